The van der Waals surface area contributed by atoms with Gasteiger partial charge in [-0.2, -0.15) is 0 Å². The van der Waals surface area contributed by atoms with Crippen molar-refractivity contribution in [2.24, 2.45) is 0 Å². The minimum Gasteiger partial charge on any atom is -0.377 e. The average molecular weight is 349 g/mol. The molecule has 0 aliphatic carbocycles. The van der Waals surface area contributed by atoms with E-state index in [2.05, 4.69) is 43.4 Å². The monoisotopic (exact) mass is 348 g/mol. The molecular formula is C19H32O2Si2. The maximum atomic E-state index is 6.66. The molecule has 2 atom stereocenters. The van der Waals surface area contributed by atoms with E-state index >= 15 is 0 Å². The lowest BCUT2D eigenvalue weighted by Crippen LogP contribution is -2.69. The van der Waals surface area contributed by atoms with Crippen LogP contribution in [0, 0.1) is 0 Å². The number of rotatable bonds is 5. The average Bonchev–Trinajstić information content (AvgIpc) is 2.62. The SMILES string of the molecule is C[SiH](C)C1(C2([SiH2]Cc3ccccc3)CCCCO2)CCCCO1. The topological polar surface area (TPSA) is 18.5 Å². The molecule has 2 nitrogen and oxygen atoms in total. The Balaban J connectivity index is 1.85. The van der Waals surface area contributed by atoms with E-state index in [1.54, 1.807) is 0 Å². The van der Waals surface area contributed by atoms with Crippen LogP contribution in [0.2, 0.25) is 13.1 Å². The summed E-state index contributed by atoms with van der Waals surface area (Å²) >= 11 is 0. The molecule has 2 aliphatic heterocycles. The number of hydrogen-bond donors (Lipinski definition) is 0. The van der Waals surface area contributed by atoms with E-state index in [1.165, 1.54) is 50.1 Å². The van der Waals surface area contributed by atoms with Gasteiger partial charge in [0.2, 0.25) is 0 Å². The Morgan fingerprint density at radius 2 is 1.65 bits per heavy atom. The van der Waals surface area contributed by atoms with Crippen LogP contribution in [0.3, 0.4) is 0 Å². The van der Waals surface area contributed by atoms with E-state index in [4.69, 9.17) is 9.47 Å². The third-order valence-corrected chi connectivity index (χ3v) is 12.1. The molecule has 23 heavy (non-hydrogen) atoms. The Bertz CT molecular complexity index is 477. The highest BCUT2D eigenvalue weighted by atomic mass is 28.3. The first kappa shape index (κ1) is 17.4. The predicted octanol–water partition coefficient (Wildman–Crippen LogP) is 3.22. The summed E-state index contributed by atoms with van der Waals surface area (Å²) in [6.07, 6.45) is 7.62. The van der Waals surface area contributed by atoms with E-state index in [9.17, 15) is 0 Å². The van der Waals surface area contributed by atoms with E-state index in [1.807, 2.05) is 0 Å². The van der Waals surface area contributed by atoms with Crippen molar-refractivity contribution in [2.45, 2.75) is 68.1 Å². The summed E-state index contributed by atoms with van der Waals surface area (Å²) in [5.74, 6) is 0. The van der Waals surface area contributed by atoms with Crippen molar-refractivity contribution in [3.05, 3.63) is 35.9 Å². The van der Waals surface area contributed by atoms with Gasteiger partial charge in [0.1, 0.15) is 0 Å². The summed E-state index contributed by atoms with van der Waals surface area (Å²) in [6.45, 7) is 6.88. The molecule has 0 N–H and O–H groups in total. The third-order valence-electron chi connectivity index (χ3n) is 6.02. The summed E-state index contributed by atoms with van der Waals surface area (Å²) in [6, 6.07) is 12.3. The predicted molar refractivity (Wildman–Crippen MR) is 103 cm³/mol. The van der Waals surface area contributed by atoms with Gasteiger partial charge in [-0.25, -0.2) is 0 Å². The van der Waals surface area contributed by atoms with Gasteiger partial charge in [0.05, 0.1) is 28.8 Å². The largest absolute Gasteiger partial charge is 0.377 e. The highest BCUT2D eigenvalue weighted by Crippen LogP contribution is 2.44. The molecule has 0 bridgehead atoms. The molecule has 2 aliphatic rings. The lowest BCUT2D eigenvalue weighted by atomic mass is 9.96. The lowest BCUT2D eigenvalue weighted by Gasteiger charge is -2.56. The Labute approximate surface area is 145 Å². The van der Waals surface area contributed by atoms with Crippen molar-refractivity contribution in [2.75, 3.05) is 13.2 Å². The van der Waals surface area contributed by atoms with Crippen LogP contribution >= 0.6 is 0 Å². The molecule has 1 aromatic carbocycles. The van der Waals surface area contributed by atoms with Crippen LogP contribution in [0.1, 0.15) is 44.1 Å². The minimum atomic E-state index is -0.966. The van der Waals surface area contributed by atoms with Crippen LogP contribution < -0.4 is 0 Å². The molecule has 4 heteroatoms. The number of ether oxygens (including phenoxy) is 2. The van der Waals surface area contributed by atoms with Gasteiger partial charge >= 0.3 is 0 Å². The maximum absolute atomic E-state index is 6.66. The van der Waals surface area contributed by atoms with Crippen LogP contribution in [0.4, 0.5) is 0 Å². The normalized spacial score (nSPS) is 32.7. The van der Waals surface area contributed by atoms with Crippen molar-refractivity contribution in [3.8, 4) is 0 Å². The van der Waals surface area contributed by atoms with Crippen LogP contribution in [-0.4, -0.2) is 42.0 Å². The molecule has 0 aromatic heterocycles. The molecule has 0 radical (unpaired) electrons. The molecule has 0 amide bonds. The van der Waals surface area contributed by atoms with E-state index < -0.39 is 18.3 Å². The fourth-order valence-corrected chi connectivity index (χ4v) is 11.4. The zero-order chi connectivity index (χ0) is 16.2. The Hall–Kier alpha value is -0.426. The lowest BCUT2D eigenvalue weighted by molar-refractivity contribution is -0.162. The van der Waals surface area contributed by atoms with Crippen molar-refractivity contribution < 1.29 is 9.47 Å². The van der Waals surface area contributed by atoms with Gasteiger partial charge in [0.15, 0.2) is 0 Å². The Kier molecular flexibility index (Phi) is 5.78. The van der Waals surface area contributed by atoms with E-state index in [-0.39, 0.29) is 10.4 Å². The Morgan fingerprint density at radius 1 is 0.957 bits per heavy atom. The minimum absolute atomic E-state index is 0.0991. The molecule has 1 aromatic rings. The van der Waals surface area contributed by atoms with Gasteiger partial charge in [0.25, 0.3) is 0 Å². The Morgan fingerprint density at radius 3 is 2.22 bits per heavy atom. The molecule has 3 rings (SSSR count). The zero-order valence-electron chi connectivity index (χ0n) is 14.9. The van der Waals surface area contributed by atoms with Gasteiger partial charge in [-0.15, -0.1) is 0 Å². The fraction of sp³-hybridized carbons (Fsp3) is 0.684. The third kappa shape index (κ3) is 3.50. The number of hydrogen-bond acceptors (Lipinski definition) is 2. The zero-order valence-corrected chi connectivity index (χ0v) is 17.4. The molecule has 2 fully saturated rings. The van der Waals surface area contributed by atoms with Crippen molar-refractivity contribution in [1.29, 1.82) is 0 Å². The second-order valence-electron chi connectivity index (χ2n) is 7.64. The summed E-state index contributed by atoms with van der Waals surface area (Å²) in [4.78, 5) is 0. The van der Waals surface area contributed by atoms with Crippen LogP contribution in [0.5, 0.6) is 0 Å². The second-order valence-corrected chi connectivity index (χ2v) is 13.0. The van der Waals surface area contributed by atoms with Gasteiger partial charge in [0, 0.05) is 13.2 Å². The van der Waals surface area contributed by atoms with Gasteiger partial charge in [-0.1, -0.05) is 49.0 Å². The summed E-state index contributed by atoms with van der Waals surface area (Å²) in [5, 5.41) is 0.203. The molecule has 0 saturated carbocycles. The molecule has 2 saturated heterocycles. The molecule has 128 valence electrons. The van der Waals surface area contributed by atoms with Crippen LogP contribution in [0.25, 0.3) is 0 Å². The standard InChI is InChI=1S/C19H32O2Si2/c1-23(2)19(13-7-9-15-21-19)18(12-6-8-14-20-18)22-16-17-10-4-3-5-11-17/h3-5,10-11,23H,6-9,12-16,22H2,1-2H3. The van der Waals surface area contributed by atoms with Gasteiger partial charge in [-0.05, 0) is 44.6 Å². The van der Waals surface area contributed by atoms with Crippen LogP contribution in [-0.2, 0) is 15.5 Å². The van der Waals surface area contributed by atoms with Gasteiger partial charge in [-0.3, -0.25) is 0 Å². The summed E-state index contributed by atoms with van der Waals surface area (Å²) in [5.41, 5.74) is 1.49. The van der Waals surface area contributed by atoms with E-state index in [0.29, 0.717) is 0 Å². The summed E-state index contributed by atoms with van der Waals surface area (Å²) < 4.78 is 13.3. The molecule has 2 heterocycles. The summed E-state index contributed by atoms with van der Waals surface area (Å²) in [7, 11) is -1.36. The van der Waals surface area contributed by atoms with Crippen molar-refractivity contribution in [3.63, 3.8) is 0 Å². The second kappa shape index (κ2) is 7.64. The van der Waals surface area contributed by atoms with Crippen molar-refractivity contribution in [1.82, 2.24) is 0 Å². The first-order valence-corrected chi connectivity index (χ1v) is 14.1. The molecule has 2 unspecified atom stereocenters. The van der Waals surface area contributed by atoms with Crippen LogP contribution in [0.15, 0.2) is 30.3 Å². The first-order chi connectivity index (χ1) is 11.2. The quantitative estimate of drug-likeness (QED) is 0.761. The number of benzene rings is 1. The van der Waals surface area contributed by atoms with E-state index in [0.717, 1.165) is 13.2 Å². The highest BCUT2D eigenvalue weighted by molar-refractivity contribution is 6.62. The molecular weight excluding hydrogens is 316 g/mol. The smallest absolute Gasteiger partial charge is 0.0794 e. The molecule has 0 spiro atoms. The van der Waals surface area contributed by atoms with Crippen molar-refractivity contribution >= 4 is 18.3 Å². The van der Waals surface area contributed by atoms with Gasteiger partial charge < -0.3 is 9.47 Å². The maximum Gasteiger partial charge on any atom is 0.0794 e. The highest BCUT2D eigenvalue weighted by Gasteiger charge is 2.55. The first-order valence-electron chi connectivity index (χ1n) is 9.50. The fourth-order valence-electron chi connectivity index (χ4n) is 4.74.